The van der Waals surface area contributed by atoms with Gasteiger partial charge >= 0.3 is 0 Å². The molecule has 1 aromatic heterocycles. The van der Waals surface area contributed by atoms with E-state index in [0.717, 1.165) is 17.0 Å². The highest BCUT2D eigenvalue weighted by Gasteiger charge is 2.20. The molecule has 1 saturated carbocycles. The molecular weight excluding hydrogens is 277 g/mol. The van der Waals surface area contributed by atoms with Crippen molar-refractivity contribution in [2.45, 2.75) is 39.3 Å². The minimum absolute atomic E-state index is 0.251. The van der Waals surface area contributed by atoms with E-state index >= 15 is 0 Å². The van der Waals surface area contributed by atoms with Crippen LogP contribution < -0.4 is 5.32 Å². The van der Waals surface area contributed by atoms with Gasteiger partial charge in [-0.15, -0.1) is 0 Å². The fourth-order valence-electron chi connectivity index (χ4n) is 2.28. The Balaban J connectivity index is 1.93. The molecule has 20 heavy (non-hydrogen) atoms. The Morgan fingerprint density at radius 2 is 2.10 bits per heavy atom. The third-order valence-electron chi connectivity index (χ3n) is 3.56. The second-order valence-corrected chi connectivity index (χ2v) is 5.75. The minimum Gasteiger partial charge on any atom is -0.310 e. The summed E-state index contributed by atoms with van der Waals surface area (Å²) in [6.07, 6.45) is 2.43. The van der Waals surface area contributed by atoms with E-state index in [0.29, 0.717) is 23.3 Å². The second kappa shape index (κ2) is 5.19. The van der Waals surface area contributed by atoms with Gasteiger partial charge in [-0.05, 0) is 50.5 Å². The van der Waals surface area contributed by atoms with Crippen LogP contribution in [0.15, 0.2) is 18.2 Å². The molecule has 1 N–H and O–H groups in total. The van der Waals surface area contributed by atoms with Crippen molar-refractivity contribution in [1.82, 2.24) is 15.1 Å². The summed E-state index contributed by atoms with van der Waals surface area (Å²) in [5.74, 6) is -0.251. The fraction of sp³-hybridized carbons (Fsp3) is 0.400. The van der Waals surface area contributed by atoms with E-state index in [9.17, 15) is 4.39 Å². The summed E-state index contributed by atoms with van der Waals surface area (Å²) in [4.78, 5) is 0. The molecule has 0 bridgehead atoms. The average molecular weight is 294 g/mol. The third-order valence-corrected chi connectivity index (χ3v) is 4.11. The van der Waals surface area contributed by atoms with E-state index in [1.165, 1.54) is 18.9 Å². The van der Waals surface area contributed by atoms with Gasteiger partial charge in [0.25, 0.3) is 0 Å². The number of hydrogen-bond acceptors (Lipinski definition) is 2. The topological polar surface area (TPSA) is 29.9 Å². The lowest BCUT2D eigenvalue weighted by Gasteiger charge is -2.09. The lowest BCUT2D eigenvalue weighted by atomic mass is 10.2. The Bertz CT molecular complexity index is 647. The van der Waals surface area contributed by atoms with Crippen LogP contribution in [0.25, 0.3) is 5.69 Å². The van der Waals surface area contributed by atoms with Gasteiger partial charge in [0.15, 0.2) is 0 Å². The minimum atomic E-state index is -0.251. The summed E-state index contributed by atoms with van der Waals surface area (Å²) in [6, 6.07) is 5.60. The standard InChI is InChI=1S/C15H17ClFN3/c1-9-15(16)10(2)20(19-9)14-6-11(5-12(17)7-14)8-18-13-3-4-13/h5-7,13,18H,3-4,8H2,1-2H3. The molecule has 2 aromatic rings. The summed E-state index contributed by atoms with van der Waals surface area (Å²) < 4.78 is 15.5. The van der Waals surface area contributed by atoms with Crippen LogP contribution in [-0.2, 0) is 6.54 Å². The predicted octanol–water partition coefficient (Wildman–Crippen LogP) is 3.53. The monoisotopic (exact) mass is 293 g/mol. The maximum absolute atomic E-state index is 13.8. The largest absolute Gasteiger partial charge is 0.310 e. The van der Waals surface area contributed by atoms with E-state index in [2.05, 4.69) is 10.4 Å². The van der Waals surface area contributed by atoms with Gasteiger partial charge in [-0.25, -0.2) is 9.07 Å². The van der Waals surface area contributed by atoms with Gasteiger partial charge in [-0.3, -0.25) is 0 Å². The second-order valence-electron chi connectivity index (χ2n) is 5.37. The first-order valence-electron chi connectivity index (χ1n) is 6.79. The van der Waals surface area contributed by atoms with Gasteiger partial charge in [-0.2, -0.15) is 5.10 Å². The van der Waals surface area contributed by atoms with Crippen molar-refractivity contribution in [1.29, 1.82) is 0 Å². The van der Waals surface area contributed by atoms with Crippen LogP contribution in [0, 0.1) is 19.7 Å². The summed E-state index contributed by atoms with van der Waals surface area (Å²) in [5, 5.41) is 8.39. The van der Waals surface area contributed by atoms with Crippen molar-refractivity contribution in [2.24, 2.45) is 0 Å². The van der Waals surface area contributed by atoms with E-state index in [4.69, 9.17) is 11.6 Å². The molecule has 1 heterocycles. The van der Waals surface area contributed by atoms with Crippen LogP contribution in [0.2, 0.25) is 5.02 Å². The quantitative estimate of drug-likeness (QED) is 0.934. The smallest absolute Gasteiger partial charge is 0.125 e. The van der Waals surface area contributed by atoms with Crippen LogP contribution >= 0.6 is 11.6 Å². The Labute approximate surface area is 122 Å². The first-order valence-corrected chi connectivity index (χ1v) is 7.17. The highest BCUT2D eigenvalue weighted by Crippen LogP contribution is 2.24. The maximum atomic E-state index is 13.8. The third kappa shape index (κ3) is 2.72. The molecule has 0 saturated heterocycles. The first-order chi connectivity index (χ1) is 9.54. The normalized spacial score (nSPS) is 14.8. The average Bonchev–Trinajstić information content (AvgIpc) is 3.20. The maximum Gasteiger partial charge on any atom is 0.125 e. The Morgan fingerprint density at radius 1 is 1.35 bits per heavy atom. The molecule has 1 aliphatic carbocycles. The molecule has 1 aromatic carbocycles. The molecule has 3 nitrogen and oxygen atoms in total. The Kier molecular flexibility index (Phi) is 3.52. The molecule has 1 aliphatic rings. The molecule has 1 fully saturated rings. The van der Waals surface area contributed by atoms with Crippen molar-refractivity contribution in [3.8, 4) is 5.69 Å². The SMILES string of the molecule is Cc1nn(-c2cc(F)cc(CNC3CC3)c2)c(C)c1Cl. The molecule has 0 amide bonds. The van der Waals surface area contributed by atoms with Gasteiger partial charge in [0.1, 0.15) is 5.82 Å². The lowest BCUT2D eigenvalue weighted by molar-refractivity contribution is 0.616. The molecule has 0 spiro atoms. The molecule has 3 rings (SSSR count). The molecule has 0 aliphatic heterocycles. The summed E-state index contributed by atoms with van der Waals surface area (Å²) in [7, 11) is 0. The van der Waals surface area contributed by atoms with Crippen LogP contribution in [0.5, 0.6) is 0 Å². The van der Waals surface area contributed by atoms with Gasteiger partial charge in [0.2, 0.25) is 0 Å². The van der Waals surface area contributed by atoms with Crippen molar-refractivity contribution in [3.05, 3.63) is 46.0 Å². The Hall–Kier alpha value is -1.39. The number of nitrogens with zero attached hydrogens (tertiary/aromatic N) is 2. The van der Waals surface area contributed by atoms with E-state index in [-0.39, 0.29) is 5.82 Å². The zero-order chi connectivity index (χ0) is 14.3. The van der Waals surface area contributed by atoms with E-state index < -0.39 is 0 Å². The van der Waals surface area contributed by atoms with Crippen LogP contribution in [0.4, 0.5) is 4.39 Å². The number of aryl methyl sites for hydroxylation is 1. The molecule has 0 atom stereocenters. The van der Waals surface area contributed by atoms with Crippen molar-refractivity contribution in [3.63, 3.8) is 0 Å². The van der Waals surface area contributed by atoms with Gasteiger partial charge in [-0.1, -0.05) is 11.6 Å². The van der Waals surface area contributed by atoms with Crippen LogP contribution in [0.3, 0.4) is 0 Å². The molecule has 0 radical (unpaired) electrons. The fourth-order valence-corrected chi connectivity index (χ4v) is 2.40. The number of benzene rings is 1. The number of aromatic nitrogens is 2. The molecule has 106 valence electrons. The van der Waals surface area contributed by atoms with Crippen LogP contribution in [0.1, 0.15) is 29.8 Å². The number of hydrogen-bond donors (Lipinski definition) is 1. The zero-order valence-electron chi connectivity index (χ0n) is 11.6. The Morgan fingerprint density at radius 3 is 2.70 bits per heavy atom. The lowest BCUT2D eigenvalue weighted by Crippen LogP contribution is -2.15. The van der Waals surface area contributed by atoms with Gasteiger partial charge in [0.05, 0.1) is 22.1 Å². The highest BCUT2D eigenvalue weighted by molar-refractivity contribution is 6.31. The zero-order valence-corrected chi connectivity index (χ0v) is 12.3. The number of halogens is 2. The molecule has 0 unspecified atom stereocenters. The van der Waals surface area contributed by atoms with E-state index in [1.807, 2.05) is 19.9 Å². The molecular formula is C15H17ClFN3. The van der Waals surface area contributed by atoms with E-state index in [1.54, 1.807) is 10.7 Å². The number of nitrogens with one attached hydrogen (secondary N) is 1. The first kappa shape index (κ1) is 13.6. The van der Waals surface area contributed by atoms with Crippen molar-refractivity contribution < 1.29 is 4.39 Å². The van der Waals surface area contributed by atoms with Crippen LogP contribution in [-0.4, -0.2) is 15.8 Å². The summed E-state index contributed by atoms with van der Waals surface area (Å²) in [6.45, 7) is 4.42. The number of rotatable bonds is 4. The van der Waals surface area contributed by atoms with Gasteiger partial charge < -0.3 is 5.32 Å². The predicted molar refractivity (Wildman–Crippen MR) is 77.9 cm³/mol. The summed E-state index contributed by atoms with van der Waals surface area (Å²) >= 11 is 6.15. The van der Waals surface area contributed by atoms with Gasteiger partial charge in [0, 0.05) is 12.6 Å². The van der Waals surface area contributed by atoms with Crippen molar-refractivity contribution >= 4 is 11.6 Å². The highest BCUT2D eigenvalue weighted by atomic mass is 35.5. The molecule has 5 heteroatoms. The van der Waals surface area contributed by atoms with Crippen molar-refractivity contribution in [2.75, 3.05) is 0 Å². The summed E-state index contributed by atoms with van der Waals surface area (Å²) in [5.41, 5.74) is 3.22.